The Bertz CT molecular complexity index is 569. The van der Waals surface area contributed by atoms with E-state index >= 15 is 0 Å². The second-order valence-electron chi connectivity index (χ2n) is 5.41. The van der Waals surface area contributed by atoms with E-state index in [2.05, 4.69) is 35.5 Å². The molecule has 2 aromatic heterocycles. The maximum atomic E-state index is 6.37. The maximum Gasteiger partial charge on any atom is 0.0867 e. The summed E-state index contributed by atoms with van der Waals surface area (Å²) in [5, 5.41) is 9.03. The quantitative estimate of drug-likeness (QED) is 0.946. The summed E-state index contributed by atoms with van der Waals surface area (Å²) in [6, 6.07) is -0.343. The van der Waals surface area contributed by atoms with Crippen molar-refractivity contribution in [3.63, 3.8) is 0 Å². The highest BCUT2D eigenvalue weighted by Crippen LogP contribution is 2.34. The third-order valence-electron chi connectivity index (χ3n) is 2.93. The summed E-state index contributed by atoms with van der Waals surface area (Å²) in [5.74, 6) is 0. The molecule has 0 spiro atoms. The van der Waals surface area contributed by atoms with Crippen LogP contribution >= 0.6 is 23.1 Å². The third kappa shape index (κ3) is 2.66. The van der Waals surface area contributed by atoms with E-state index in [9.17, 15) is 0 Å². The van der Waals surface area contributed by atoms with Crippen LogP contribution in [0.15, 0.2) is 6.20 Å². The lowest BCUT2D eigenvalue weighted by Gasteiger charge is -2.20. The summed E-state index contributed by atoms with van der Waals surface area (Å²) in [4.78, 5) is 0.949. The van der Waals surface area contributed by atoms with Crippen LogP contribution in [0.2, 0.25) is 5.02 Å². The molecule has 0 saturated heterocycles. The summed E-state index contributed by atoms with van der Waals surface area (Å²) in [6.45, 7) is 9.03. The van der Waals surface area contributed by atoms with E-state index in [0.717, 1.165) is 22.8 Å². The molecule has 7 heteroatoms. The van der Waals surface area contributed by atoms with Crippen LogP contribution in [0.3, 0.4) is 0 Å². The zero-order chi connectivity index (χ0) is 14.2. The van der Waals surface area contributed by atoms with Crippen LogP contribution < -0.4 is 5.73 Å². The van der Waals surface area contributed by atoms with Crippen molar-refractivity contribution < 1.29 is 0 Å². The average Bonchev–Trinajstić information content (AvgIpc) is 2.93. The van der Waals surface area contributed by atoms with Crippen molar-refractivity contribution in [3.8, 4) is 0 Å². The van der Waals surface area contributed by atoms with Crippen molar-refractivity contribution >= 4 is 23.1 Å². The molecular weight excluding hydrogens is 282 g/mol. The lowest BCUT2D eigenvalue weighted by molar-refractivity contribution is 0.549. The summed E-state index contributed by atoms with van der Waals surface area (Å²) in [6.07, 6.45) is 1.63. The van der Waals surface area contributed by atoms with Crippen LogP contribution in [-0.4, -0.2) is 19.4 Å². The maximum absolute atomic E-state index is 6.37. The second kappa shape index (κ2) is 5.19. The van der Waals surface area contributed by atoms with Crippen molar-refractivity contribution in [2.75, 3.05) is 0 Å². The predicted octanol–water partition coefficient (Wildman–Crippen LogP) is 2.75. The van der Waals surface area contributed by atoms with Gasteiger partial charge in [-0.25, -0.2) is 0 Å². The highest BCUT2D eigenvalue weighted by Gasteiger charge is 2.29. The van der Waals surface area contributed by atoms with Gasteiger partial charge < -0.3 is 5.73 Å². The molecule has 2 N–H and O–H groups in total. The summed E-state index contributed by atoms with van der Waals surface area (Å²) >= 11 is 7.53. The monoisotopic (exact) mass is 299 g/mol. The summed E-state index contributed by atoms with van der Waals surface area (Å²) in [5.41, 5.74) is 8.01. The van der Waals surface area contributed by atoms with Gasteiger partial charge >= 0.3 is 0 Å². The molecule has 0 aromatic carbocycles. The molecule has 0 radical (unpaired) electrons. The first-order chi connectivity index (χ1) is 8.86. The molecule has 104 valence electrons. The molecule has 0 aliphatic carbocycles. The van der Waals surface area contributed by atoms with Gasteiger partial charge in [-0.1, -0.05) is 36.9 Å². The molecule has 1 atom stereocenters. The Morgan fingerprint density at radius 3 is 2.74 bits per heavy atom. The summed E-state index contributed by atoms with van der Waals surface area (Å²) < 4.78 is 5.86. The van der Waals surface area contributed by atoms with Crippen molar-refractivity contribution in [3.05, 3.63) is 27.5 Å². The fourth-order valence-corrected chi connectivity index (χ4v) is 3.11. The number of aryl methyl sites for hydroxylation is 1. The van der Waals surface area contributed by atoms with E-state index in [1.807, 2.05) is 11.6 Å². The molecule has 0 aliphatic heterocycles. The van der Waals surface area contributed by atoms with Crippen LogP contribution in [0.5, 0.6) is 0 Å². The Kier molecular flexibility index (Phi) is 3.94. The van der Waals surface area contributed by atoms with Gasteiger partial charge in [0.15, 0.2) is 0 Å². The normalized spacial score (nSPS) is 13.8. The molecule has 2 rings (SSSR count). The van der Waals surface area contributed by atoms with Gasteiger partial charge in [0.05, 0.1) is 33.5 Å². The predicted molar refractivity (Wildman–Crippen MR) is 77.6 cm³/mol. The molecule has 2 aromatic rings. The molecule has 0 amide bonds. The number of hydrogen-bond acceptors (Lipinski definition) is 5. The van der Waals surface area contributed by atoms with Crippen LogP contribution in [0.1, 0.15) is 50.0 Å². The molecule has 2 heterocycles. The Balaban J connectivity index is 2.48. The van der Waals surface area contributed by atoms with Gasteiger partial charge in [-0.2, -0.15) is 5.10 Å². The number of rotatable bonds is 3. The van der Waals surface area contributed by atoms with Crippen molar-refractivity contribution in [2.24, 2.45) is 5.73 Å². The van der Waals surface area contributed by atoms with Gasteiger partial charge in [0.25, 0.3) is 0 Å². The van der Waals surface area contributed by atoms with Crippen molar-refractivity contribution in [1.29, 1.82) is 0 Å². The first-order valence-electron chi connectivity index (χ1n) is 6.15. The number of aromatic nitrogens is 4. The minimum Gasteiger partial charge on any atom is -0.318 e. The fourth-order valence-electron chi connectivity index (χ4n) is 1.98. The molecule has 19 heavy (non-hydrogen) atoms. The standard InChI is InChI=1S/C12H18ClN5S/c1-5-18-9(7(13)6-15-18)8(14)10-11(12(2,3)4)16-17-19-10/h6,8H,5,14H2,1-4H3. The number of nitrogens with zero attached hydrogens (tertiary/aromatic N) is 4. The average molecular weight is 300 g/mol. The molecule has 0 aliphatic rings. The topological polar surface area (TPSA) is 69.6 Å². The van der Waals surface area contributed by atoms with Crippen molar-refractivity contribution in [2.45, 2.75) is 45.7 Å². The highest BCUT2D eigenvalue weighted by molar-refractivity contribution is 7.05. The first-order valence-corrected chi connectivity index (χ1v) is 7.31. The number of halogens is 1. The van der Waals surface area contributed by atoms with E-state index in [1.54, 1.807) is 6.20 Å². The van der Waals surface area contributed by atoms with E-state index in [4.69, 9.17) is 17.3 Å². The lowest BCUT2D eigenvalue weighted by atomic mass is 9.89. The highest BCUT2D eigenvalue weighted by atomic mass is 35.5. The minimum atomic E-state index is -0.343. The minimum absolute atomic E-state index is 0.0938. The van der Waals surface area contributed by atoms with Gasteiger partial charge in [0.2, 0.25) is 0 Å². The first kappa shape index (κ1) is 14.4. The Hall–Kier alpha value is -0.980. The number of hydrogen-bond donors (Lipinski definition) is 1. The van der Waals surface area contributed by atoms with Crippen molar-refractivity contribution in [1.82, 2.24) is 19.4 Å². The Labute approximate surface area is 121 Å². The smallest absolute Gasteiger partial charge is 0.0867 e. The fraction of sp³-hybridized carbons (Fsp3) is 0.583. The van der Waals surface area contributed by atoms with Gasteiger partial charge in [0.1, 0.15) is 0 Å². The Morgan fingerprint density at radius 1 is 1.47 bits per heavy atom. The van der Waals surface area contributed by atoms with E-state index < -0.39 is 0 Å². The van der Waals surface area contributed by atoms with Gasteiger partial charge in [-0.15, -0.1) is 5.10 Å². The second-order valence-corrected chi connectivity index (χ2v) is 6.60. The zero-order valence-electron chi connectivity index (χ0n) is 11.5. The zero-order valence-corrected chi connectivity index (χ0v) is 13.1. The molecule has 5 nitrogen and oxygen atoms in total. The molecule has 1 unspecified atom stereocenters. The molecule has 0 fully saturated rings. The van der Waals surface area contributed by atoms with Crippen LogP contribution in [0.4, 0.5) is 0 Å². The lowest BCUT2D eigenvalue weighted by Crippen LogP contribution is -2.22. The number of nitrogens with two attached hydrogens (primary N) is 1. The van der Waals surface area contributed by atoms with Crippen LogP contribution in [0.25, 0.3) is 0 Å². The van der Waals surface area contributed by atoms with E-state index in [1.165, 1.54) is 11.5 Å². The van der Waals surface area contributed by atoms with E-state index in [0.29, 0.717) is 5.02 Å². The molecular formula is C12H18ClN5S. The van der Waals surface area contributed by atoms with E-state index in [-0.39, 0.29) is 11.5 Å². The Morgan fingerprint density at radius 2 is 2.16 bits per heavy atom. The molecule has 0 bridgehead atoms. The SMILES string of the molecule is CCn1ncc(Cl)c1C(N)c1snnc1C(C)(C)C. The summed E-state index contributed by atoms with van der Waals surface area (Å²) in [7, 11) is 0. The third-order valence-corrected chi connectivity index (χ3v) is 4.03. The van der Waals surface area contributed by atoms with Gasteiger partial charge in [0, 0.05) is 12.0 Å². The largest absolute Gasteiger partial charge is 0.318 e. The van der Waals surface area contributed by atoms with Gasteiger partial charge in [-0.05, 0) is 18.5 Å². The van der Waals surface area contributed by atoms with Crippen LogP contribution in [-0.2, 0) is 12.0 Å². The van der Waals surface area contributed by atoms with Crippen LogP contribution in [0, 0.1) is 0 Å². The van der Waals surface area contributed by atoms with Gasteiger partial charge in [-0.3, -0.25) is 4.68 Å². The molecule has 0 saturated carbocycles.